The molecule has 0 aromatic heterocycles. The van der Waals surface area contributed by atoms with Gasteiger partial charge >= 0.3 is 0 Å². The Morgan fingerprint density at radius 3 is 2.79 bits per heavy atom. The second-order valence-corrected chi connectivity index (χ2v) is 4.89. The Morgan fingerprint density at radius 1 is 1.50 bits per heavy atom. The van der Waals surface area contributed by atoms with Crippen molar-refractivity contribution in [3.8, 4) is 0 Å². The summed E-state index contributed by atoms with van der Waals surface area (Å²) in [6, 6.07) is 0.328. The van der Waals surface area contributed by atoms with Crippen LogP contribution in [0.5, 0.6) is 0 Å². The van der Waals surface area contributed by atoms with Crippen LogP contribution in [-0.2, 0) is 4.74 Å². The van der Waals surface area contributed by atoms with Gasteiger partial charge in [0.1, 0.15) is 0 Å². The molecule has 1 aliphatic heterocycles. The van der Waals surface area contributed by atoms with Gasteiger partial charge in [0.15, 0.2) is 0 Å². The van der Waals surface area contributed by atoms with Gasteiger partial charge in [0.2, 0.25) is 0 Å². The van der Waals surface area contributed by atoms with Crippen molar-refractivity contribution in [2.75, 3.05) is 26.2 Å². The molecule has 0 aromatic carbocycles. The van der Waals surface area contributed by atoms with Gasteiger partial charge in [-0.2, -0.15) is 0 Å². The lowest BCUT2D eigenvalue weighted by Gasteiger charge is -2.39. The smallest absolute Gasteiger partial charge is 0.0753 e. The zero-order valence-electron chi connectivity index (χ0n) is 9.75. The molecule has 0 radical (unpaired) electrons. The maximum absolute atomic E-state index is 6.02. The SMILES string of the molecule is CCCC(N)CN1CCOC(C)(C)C1. The van der Waals surface area contributed by atoms with Gasteiger partial charge in [0, 0.05) is 25.7 Å². The highest BCUT2D eigenvalue weighted by atomic mass is 16.5. The van der Waals surface area contributed by atoms with Gasteiger partial charge in [-0.25, -0.2) is 0 Å². The molecule has 1 atom stereocenters. The summed E-state index contributed by atoms with van der Waals surface area (Å²) in [5.41, 5.74) is 6.03. The molecule has 14 heavy (non-hydrogen) atoms. The molecule has 1 heterocycles. The highest BCUT2D eigenvalue weighted by Gasteiger charge is 2.27. The average molecular weight is 200 g/mol. The van der Waals surface area contributed by atoms with Crippen LogP contribution in [-0.4, -0.2) is 42.8 Å². The highest BCUT2D eigenvalue weighted by molar-refractivity contribution is 4.81. The predicted octanol–water partition coefficient (Wildman–Crippen LogP) is 1.22. The van der Waals surface area contributed by atoms with E-state index in [4.69, 9.17) is 10.5 Å². The molecule has 1 saturated heterocycles. The van der Waals surface area contributed by atoms with Gasteiger partial charge in [-0.1, -0.05) is 13.3 Å². The quantitative estimate of drug-likeness (QED) is 0.741. The Kier molecular flexibility index (Phi) is 4.35. The van der Waals surface area contributed by atoms with Crippen molar-refractivity contribution >= 4 is 0 Å². The van der Waals surface area contributed by atoms with E-state index in [2.05, 4.69) is 25.7 Å². The van der Waals surface area contributed by atoms with Crippen molar-refractivity contribution in [2.45, 2.75) is 45.3 Å². The maximum Gasteiger partial charge on any atom is 0.0753 e. The van der Waals surface area contributed by atoms with Crippen LogP contribution < -0.4 is 5.73 Å². The van der Waals surface area contributed by atoms with E-state index < -0.39 is 0 Å². The lowest BCUT2D eigenvalue weighted by molar-refractivity contribution is -0.0870. The van der Waals surface area contributed by atoms with E-state index >= 15 is 0 Å². The molecule has 3 nitrogen and oxygen atoms in total. The summed E-state index contributed by atoms with van der Waals surface area (Å²) < 4.78 is 5.65. The van der Waals surface area contributed by atoms with Crippen LogP contribution >= 0.6 is 0 Å². The monoisotopic (exact) mass is 200 g/mol. The molecule has 0 amide bonds. The highest BCUT2D eigenvalue weighted by Crippen LogP contribution is 2.16. The number of ether oxygens (including phenoxy) is 1. The second kappa shape index (κ2) is 5.10. The van der Waals surface area contributed by atoms with E-state index in [1.54, 1.807) is 0 Å². The molecular weight excluding hydrogens is 176 g/mol. The molecule has 1 fully saturated rings. The summed E-state index contributed by atoms with van der Waals surface area (Å²) in [5, 5.41) is 0. The van der Waals surface area contributed by atoms with Crippen LogP contribution in [0, 0.1) is 0 Å². The molecule has 3 heteroatoms. The standard InChI is InChI=1S/C11H24N2O/c1-4-5-10(12)8-13-6-7-14-11(2,3)9-13/h10H,4-9,12H2,1-3H3. The second-order valence-electron chi connectivity index (χ2n) is 4.89. The number of hydrogen-bond donors (Lipinski definition) is 1. The Balaban J connectivity index is 2.30. The summed E-state index contributed by atoms with van der Waals surface area (Å²) in [7, 11) is 0. The first-order chi connectivity index (χ1) is 6.53. The van der Waals surface area contributed by atoms with Gasteiger partial charge in [-0.15, -0.1) is 0 Å². The number of nitrogens with zero attached hydrogens (tertiary/aromatic N) is 1. The van der Waals surface area contributed by atoms with Crippen LogP contribution in [0.3, 0.4) is 0 Å². The maximum atomic E-state index is 6.02. The molecule has 1 aliphatic rings. The molecule has 0 saturated carbocycles. The molecule has 0 spiro atoms. The summed E-state index contributed by atoms with van der Waals surface area (Å²) in [5.74, 6) is 0. The molecule has 0 bridgehead atoms. The zero-order valence-corrected chi connectivity index (χ0v) is 9.75. The Labute approximate surface area is 87.6 Å². The molecule has 2 N–H and O–H groups in total. The van der Waals surface area contributed by atoms with Crippen LogP contribution in [0.4, 0.5) is 0 Å². The minimum absolute atomic E-state index is 0.00415. The first kappa shape index (κ1) is 12.0. The third-order valence-electron chi connectivity index (χ3n) is 2.66. The fourth-order valence-corrected chi connectivity index (χ4v) is 2.06. The molecule has 1 rings (SSSR count). The molecule has 84 valence electrons. The van der Waals surface area contributed by atoms with Gasteiger partial charge in [-0.05, 0) is 20.3 Å². The Bertz CT molecular complexity index is 171. The van der Waals surface area contributed by atoms with E-state index in [0.29, 0.717) is 6.04 Å². The van der Waals surface area contributed by atoms with E-state index in [9.17, 15) is 0 Å². The Hall–Kier alpha value is -0.120. The summed E-state index contributed by atoms with van der Waals surface area (Å²) >= 11 is 0. The minimum Gasteiger partial charge on any atom is -0.373 e. The van der Waals surface area contributed by atoms with Gasteiger partial charge in [0.25, 0.3) is 0 Å². The largest absolute Gasteiger partial charge is 0.373 e. The lowest BCUT2D eigenvalue weighted by Crippen LogP contribution is -2.51. The van der Waals surface area contributed by atoms with Crippen molar-refractivity contribution in [1.29, 1.82) is 0 Å². The number of rotatable bonds is 4. The van der Waals surface area contributed by atoms with E-state index in [-0.39, 0.29) is 5.60 Å². The van der Waals surface area contributed by atoms with Crippen LogP contribution in [0.15, 0.2) is 0 Å². The summed E-state index contributed by atoms with van der Waals surface area (Å²) in [6.07, 6.45) is 2.30. The number of nitrogens with two attached hydrogens (primary N) is 1. The van der Waals surface area contributed by atoms with Gasteiger partial charge < -0.3 is 10.5 Å². The van der Waals surface area contributed by atoms with Crippen LogP contribution in [0.2, 0.25) is 0 Å². The third kappa shape index (κ3) is 3.95. The summed E-state index contributed by atoms with van der Waals surface area (Å²) in [6.45, 7) is 10.4. The number of morpholine rings is 1. The van der Waals surface area contributed by atoms with E-state index in [1.807, 2.05) is 0 Å². The average Bonchev–Trinajstić information content (AvgIpc) is 2.02. The minimum atomic E-state index is 0.00415. The van der Waals surface area contributed by atoms with Crippen LogP contribution in [0.1, 0.15) is 33.6 Å². The molecular formula is C11H24N2O. The van der Waals surface area contributed by atoms with Gasteiger partial charge in [0.05, 0.1) is 12.2 Å². The first-order valence-electron chi connectivity index (χ1n) is 5.65. The zero-order chi connectivity index (χ0) is 10.6. The normalized spacial score (nSPS) is 24.9. The topological polar surface area (TPSA) is 38.5 Å². The lowest BCUT2D eigenvalue weighted by atomic mass is 10.1. The van der Waals surface area contributed by atoms with Crippen molar-refractivity contribution in [3.05, 3.63) is 0 Å². The van der Waals surface area contributed by atoms with Crippen molar-refractivity contribution in [2.24, 2.45) is 5.73 Å². The predicted molar refractivity (Wildman–Crippen MR) is 59.4 cm³/mol. The Morgan fingerprint density at radius 2 is 2.21 bits per heavy atom. The molecule has 0 aliphatic carbocycles. The molecule has 0 aromatic rings. The third-order valence-corrected chi connectivity index (χ3v) is 2.66. The van der Waals surface area contributed by atoms with E-state index in [1.165, 1.54) is 6.42 Å². The van der Waals surface area contributed by atoms with Crippen LogP contribution in [0.25, 0.3) is 0 Å². The fraction of sp³-hybridized carbons (Fsp3) is 1.00. The van der Waals surface area contributed by atoms with E-state index in [0.717, 1.165) is 32.7 Å². The van der Waals surface area contributed by atoms with Gasteiger partial charge in [-0.3, -0.25) is 4.90 Å². The molecule has 1 unspecified atom stereocenters. The summed E-state index contributed by atoms with van der Waals surface area (Å²) in [4.78, 5) is 2.42. The first-order valence-corrected chi connectivity index (χ1v) is 5.65. The number of hydrogen-bond acceptors (Lipinski definition) is 3. The van der Waals surface area contributed by atoms with Crippen molar-refractivity contribution in [3.63, 3.8) is 0 Å². The van der Waals surface area contributed by atoms with Crippen molar-refractivity contribution in [1.82, 2.24) is 4.90 Å². The van der Waals surface area contributed by atoms with Crippen molar-refractivity contribution < 1.29 is 4.74 Å². The fourth-order valence-electron chi connectivity index (χ4n) is 2.06.